The van der Waals surface area contributed by atoms with Crippen LogP contribution in [-0.4, -0.2) is 24.1 Å². The van der Waals surface area contributed by atoms with E-state index in [2.05, 4.69) is 6.58 Å². The summed E-state index contributed by atoms with van der Waals surface area (Å²) in [7, 11) is 0. The molecule has 0 aromatic heterocycles. The molecule has 4 heteroatoms. The monoisotopic (exact) mass is 186 g/mol. The molecule has 0 bridgehead atoms. The molecule has 0 heterocycles. The Morgan fingerprint density at radius 3 is 2.00 bits per heavy atom. The first-order chi connectivity index (χ1) is 5.97. The maximum absolute atomic E-state index is 10.6. The first kappa shape index (κ1) is 11.7. The lowest BCUT2D eigenvalue weighted by Gasteiger charge is -2.19. The summed E-state index contributed by atoms with van der Waals surface area (Å²) in [6.45, 7) is 7.69. The van der Waals surface area contributed by atoms with E-state index >= 15 is 0 Å². The summed E-state index contributed by atoms with van der Waals surface area (Å²) < 4.78 is 9.64. The van der Waals surface area contributed by atoms with E-state index in [1.54, 1.807) is 6.92 Å². The second kappa shape index (κ2) is 5.35. The molecule has 2 atom stereocenters. The highest BCUT2D eigenvalue weighted by atomic mass is 16.6. The van der Waals surface area contributed by atoms with Crippen LogP contribution in [-0.2, 0) is 19.1 Å². The predicted octanol–water partition coefficient (Wildman–Crippen LogP) is 1.06. The number of carbonyl (C=O) groups is 2. The largest absolute Gasteiger partial charge is 0.459 e. The van der Waals surface area contributed by atoms with Gasteiger partial charge in [0.1, 0.15) is 6.10 Å². The van der Waals surface area contributed by atoms with Gasteiger partial charge in [0.25, 0.3) is 0 Å². The van der Waals surface area contributed by atoms with Crippen LogP contribution in [0.1, 0.15) is 20.8 Å². The molecule has 0 spiro atoms. The normalized spacial score (nSPS) is 14.1. The highest BCUT2D eigenvalue weighted by Crippen LogP contribution is 2.05. The van der Waals surface area contributed by atoms with Gasteiger partial charge >= 0.3 is 11.9 Å². The van der Waals surface area contributed by atoms with Crippen LogP contribution in [0.2, 0.25) is 0 Å². The van der Waals surface area contributed by atoms with Crippen molar-refractivity contribution in [1.82, 2.24) is 0 Å². The number of hydrogen-bond donors (Lipinski definition) is 0. The number of carbonyl (C=O) groups excluding carboxylic acids is 2. The van der Waals surface area contributed by atoms with Crippen molar-refractivity contribution in [3.8, 4) is 0 Å². The van der Waals surface area contributed by atoms with Crippen LogP contribution in [0, 0.1) is 0 Å². The maximum atomic E-state index is 10.6. The Bertz CT molecular complexity index is 210. The predicted molar refractivity (Wildman–Crippen MR) is 47.0 cm³/mol. The molecule has 0 rings (SSSR count). The molecule has 0 aromatic carbocycles. The second-order valence-electron chi connectivity index (χ2n) is 2.62. The average Bonchev–Trinajstić information content (AvgIpc) is 1.98. The molecule has 0 N–H and O–H groups in total. The Hall–Kier alpha value is -1.32. The summed E-state index contributed by atoms with van der Waals surface area (Å²) >= 11 is 0. The zero-order valence-electron chi connectivity index (χ0n) is 8.07. The quantitative estimate of drug-likeness (QED) is 0.486. The van der Waals surface area contributed by atoms with Gasteiger partial charge in [-0.3, -0.25) is 9.59 Å². The molecule has 13 heavy (non-hydrogen) atoms. The van der Waals surface area contributed by atoms with E-state index in [0.29, 0.717) is 0 Å². The van der Waals surface area contributed by atoms with E-state index in [-0.39, 0.29) is 0 Å². The third-order valence-electron chi connectivity index (χ3n) is 1.35. The lowest BCUT2D eigenvalue weighted by molar-refractivity contribution is -0.160. The molecule has 0 aliphatic heterocycles. The first-order valence-corrected chi connectivity index (χ1v) is 3.94. The van der Waals surface area contributed by atoms with Crippen molar-refractivity contribution in [2.45, 2.75) is 33.0 Å². The van der Waals surface area contributed by atoms with Gasteiger partial charge < -0.3 is 9.47 Å². The van der Waals surface area contributed by atoms with Crippen LogP contribution in [0.5, 0.6) is 0 Å². The molecule has 0 saturated heterocycles. The van der Waals surface area contributed by atoms with Gasteiger partial charge in [-0.05, 0) is 13.0 Å². The third kappa shape index (κ3) is 5.00. The number of esters is 2. The smallest absolute Gasteiger partial charge is 0.303 e. The summed E-state index contributed by atoms with van der Waals surface area (Å²) in [5.74, 6) is -0.838. The van der Waals surface area contributed by atoms with Crippen LogP contribution >= 0.6 is 0 Å². The first-order valence-electron chi connectivity index (χ1n) is 3.94. The summed E-state index contributed by atoms with van der Waals surface area (Å²) in [6.07, 6.45) is 0.343. The fourth-order valence-corrected chi connectivity index (χ4v) is 0.856. The molecular formula is C9H14O4. The van der Waals surface area contributed by atoms with Crippen molar-refractivity contribution in [3.63, 3.8) is 0 Å². The van der Waals surface area contributed by atoms with E-state index in [1.165, 1.54) is 19.9 Å². The lowest BCUT2D eigenvalue weighted by atomic mass is 10.2. The molecule has 74 valence electrons. The SMILES string of the molecule is C=C[C@@H](OC(C)=O)[C@@H](C)OC(C)=O. The number of hydrogen-bond acceptors (Lipinski definition) is 4. The van der Waals surface area contributed by atoms with Crippen molar-refractivity contribution in [1.29, 1.82) is 0 Å². The Labute approximate surface area is 77.5 Å². The zero-order chi connectivity index (χ0) is 10.4. The third-order valence-corrected chi connectivity index (χ3v) is 1.35. The minimum atomic E-state index is -0.582. The highest BCUT2D eigenvalue weighted by molar-refractivity contribution is 5.67. The molecule has 0 unspecified atom stereocenters. The molecule has 4 nitrogen and oxygen atoms in total. The van der Waals surface area contributed by atoms with Crippen molar-refractivity contribution >= 4 is 11.9 Å². The number of ether oxygens (including phenoxy) is 2. The van der Waals surface area contributed by atoms with Crippen molar-refractivity contribution in [2.75, 3.05) is 0 Å². The molecule has 0 amide bonds. The Balaban J connectivity index is 4.14. The van der Waals surface area contributed by atoms with Gasteiger partial charge in [-0.1, -0.05) is 6.58 Å². The van der Waals surface area contributed by atoms with Gasteiger partial charge in [-0.15, -0.1) is 0 Å². The summed E-state index contributed by atoms with van der Waals surface area (Å²) in [6, 6.07) is 0. The van der Waals surface area contributed by atoms with Crippen LogP contribution in [0.25, 0.3) is 0 Å². The topological polar surface area (TPSA) is 52.6 Å². The second-order valence-corrected chi connectivity index (χ2v) is 2.62. The molecule has 0 aliphatic carbocycles. The average molecular weight is 186 g/mol. The zero-order valence-corrected chi connectivity index (χ0v) is 8.07. The van der Waals surface area contributed by atoms with E-state index in [0.717, 1.165) is 0 Å². The molecule has 0 fully saturated rings. The Kier molecular flexibility index (Phi) is 4.80. The Morgan fingerprint density at radius 2 is 1.69 bits per heavy atom. The minimum Gasteiger partial charge on any atom is -0.459 e. The van der Waals surface area contributed by atoms with Crippen LogP contribution in [0.4, 0.5) is 0 Å². The van der Waals surface area contributed by atoms with E-state index in [1.807, 2.05) is 0 Å². The molecule has 0 radical (unpaired) electrons. The van der Waals surface area contributed by atoms with Crippen molar-refractivity contribution < 1.29 is 19.1 Å². The summed E-state index contributed by atoms with van der Waals surface area (Å²) in [5, 5.41) is 0. The summed E-state index contributed by atoms with van der Waals surface area (Å²) in [4.78, 5) is 21.2. The molecule has 0 saturated carbocycles. The maximum Gasteiger partial charge on any atom is 0.303 e. The Morgan fingerprint density at radius 1 is 1.23 bits per heavy atom. The molecular weight excluding hydrogens is 172 g/mol. The minimum absolute atomic E-state index is 0.411. The lowest BCUT2D eigenvalue weighted by Crippen LogP contribution is -2.30. The summed E-state index contributed by atoms with van der Waals surface area (Å²) in [5.41, 5.74) is 0. The van der Waals surface area contributed by atoms with Gasteiger partial charge in [0.05, 0.1) is 0 Å². The van der Waals surface area contributed by atoms with Gasteiger partial charge in [-0.2, -0.15) is 0 Å². The molecule has 0 aromatic rings. The highest BCUT2D eigenvalue weighted by Gasteiger charge is 2.18. The standard InChI is InChI=1S/C9H14O4/c1-5-9(13-8(4)11)6(2)12-7(3)10/h5-6,9H,1H2,2-4H3/t6-,9-/m1/s1. The van der Waals surface area contributed by atoms with Gasteiger partial charge in [0.2, 0.25) is 0 Å². The molecule has 0 aliphatic rings. The van der Waals surface area contributed by atoms with E-state index in [9.17, 15) is 9.59 Å². The fourth-order valence-electron chi connectivity index (χ4n) is 0.856. The van der Waals surface area contributed by atoms with Gasteiger partial charge in [0.15, 0.2) is 6.10 Å². The van der Waals surface area contributed by atoms with Crippen molar-refractivity contribution in [3.05, 3.63) is 12.7 Å². The fraction of sp³-hybridized carbons (Fsp3) is 0.556. The van der Waals surface area contributed by atoms with Gasteiger partial charge in [-0.25, -0.2) is 0 Å². The van der Waals surface area contributed by atoms with Crippen molar-refractivity contribution in [2.24, 2.45) is 0 Å². The van der Waals surface area contributed by atoms with E-state index < -0.39 is 24.1 Å². The van der Waals surface area contributed by atoms with Gasteiger partial charge in [0, 0.05) is 13.8 Å². The van der Waals surface area contributed by atoms with E-state index in [4.69, 9.17) is 9.47 Å². The van der Waals surface area contributed by atoms with Crippen LogP contribution in [0.3, 0.4) is 0 Å². The number of rotatable bonds is 4. The van der Waals surface area contributed by atoms with Crippen LogP contribution < -0.4 is 0 Å². The van der Waals surface area contributed by atoms with Crippen LogP contribution in [0.15, 0.2) is 12.7 Å².